The van der Waals surface area contributed by atoms with Gasteiger partial charge in [-0.15, -0.1) is 0 Å². The number of nitrogens with zero attached hydrogens (tertiary/aromatic N) is 1. The van der Waals surface area contributed by atoms with Crippen molar-refractivity contribution in [1.29, 1.82) is 0 Å². The summed E-state index contributed by atoms with van der Waals surface area (Å²) in [5.41, 5.74) is 0. The molecule has 66 valence electrons. The Hall–Kier alpha value is 0.830. The molecule has 1 heterocycles. The zero-order chi connectivity index (χ0) is 8.70. The van der Waals surface area contributed by atoms with Gasteiger partial charge in [-0.2, -0.15) is 4.65 Å². The van der Waals surface area contributed by atoms with E-state index in [9.17, 15) is 18.2 Å². The van der Waals surface area contributed by atoms with E-state index in [1.807, 2.05) is 6.92 Å². The summed E-state index contributed by atoms with van der Waals surface area (Å²) >= 11 is 0. The van der Waals surface area contributed by atoms with E-state index in [1.54, 1.807) is 0 Å². The molecule has 5 nitrogen and oxygen atoms in total. The molecule has 0 saturated carbocycles. The first-order valence-corrected chi connectivity index (χ1v) is 4.91. The second-order valence-corrected chi connectivity index (χ2v) is 4.37. The minimum Gasteiger partial charge on any atom is -0.743 e. The molecule has 1 aliphatic rings. The van der Waals surface area contributed by atoms with Crippen LogP contribution >= 0.6 is 0 Å². The Bertz CT molecular complexity index is 254. The molecule has 0 aromatic carbocycles. The number of quaternary nitrogens is 1. The Labute approximate surface area is 94.0 Å². The fourth-order valence-corrected chi connectivity index (χ4v) is 2.20. The van der Waals surface area contributed by atoms with Crippen molar-refractivity contribution >= 4 is 10.1 Å². The summed E-state index contributed by atoms with van der Waals surface area (Å²) in [6, 6.07) is 0. The van der Waals surface area contributed by atoms with Gasteiger partial charge in [0.15, 0.2) is 16.7 Å². The van der Waals surface area contributed by atoms with E-state index in [4.69, 9.17) is 0 Å². The second-order valence-electron chi connectivity index (χ2n) is 2.84. The summed E-state index contributed by atoms with van der Waals surface area (Å²) in [6.07, 6.45) is 0.669. The third kappa shape index (κ3) is 2.66. The molecule has 2 unspecified atom stereocenters. The SMILES string of the molecule is CCC[N+]1(O)CC1S(=O)(=O)[O-].[Na+]. The molecule has 0 spiro atoms. The van der Waals surface area contributed by atoms with Crippen molar-refractivity contribution in [3.8, 4) is 0 Å². The second kappa shape index (κ2) is 3.91. The van der Waals surface area contributed by atoms with Gasteiger partial charge in [0.25, 0.3) is 5.37 Å². The van der Waals surface area contributed by atoms with Crippen LogP contribution < -0.4 is 29.6 Å². The van der Waals surface area contributed by atoms with Gasteiger partial charge in [0, 0.05) is 0 Å². The number of hydrogen-bond donors (Lipinski definition) is 1. The number of hydrogen-bond acceptors (Lipinski definition) is 4. The van der Waals surface area contributed by atoms with Gasteiger partial charge >= 0.3 is 29.6 Å². The van der Waals surface area contributed by atoms with Crippen LogP contribution in [0.5, 0.6) is 0 Å². The first-order valence-electron chi connectivity index (χ1n) is 3.44. The molecule has 0 bridgehead atoms. The molecule has 2 atom stereocenters. The normalized spacial score (nSPS) is 34.1. The Morgan fingerprint density at radius 3 is 2.42 bits per heavy atom. The maximum Gasteiger partial charge on any atom is 1.00 e. The third-order valence-electron chi connectivity index (χ3n) is 1.82. The van der Waals surface area contributed by atoms with Crippen LogP contribution in [-0.4, -0.2) is 41.3 Å². The quantitative estimate of drug-likeness (QED) is 0.224. The molecule has 0 amide bonds. The molecule has 1 saturated heterocycles. The van der Waals surface area contributed by atoms with E-state index in [2.05, 4.69) is 0 Å². The van der Waals surface area contributed by atoms with Crippen molar-refractivity contribution < 1.29 is 52.4 Å². The topological polar surface area (TPSA) is 77.4 Å². The molecule has 0 aromatic heterocycles. The summed E-state index contributed by atoms with van der Waals surface area (Å²) in [7, 11) is -4.29. The van der Waals surface area contributed by atoms with Crippen LogP contribution in [0, 0.1) is 0 Å². The largest absolute Gasteiger partial charge is 1.00 e. The summed E-state index contributed by atoms with van der Waals surface area (Å²) in [5.74, 6) is 0. The first-order chi connectivity index (χ1) is 4.90. The van der Waals surface area contributed by atoms with E-state index in [0.29, 0.717) is 13.0 Å². The van der Waals surface area contributed by atoms with Crippen molar-refractivity contribution in [2.45, 2.75) is 18.7 Å². The van der Waals surface area contributed by atoms with Gasteiger partial charge in [0.05, 0.1) is 0 Å². The van der Waals surface area contributed by atoms with Crippen LogP contribution in [0.15, 0.2) is 0 Å². The van der Waals surface area contributed by atoms with Gasteiger partial charge in [-0.1, -0.05) is 6.92 Å². The van der Waals surface area contributed by atoms with Crippen LogP contribution in [-0.2, 0) is 10.1 Å². The zero-order valence-corrected chi connectivity index (χ0v) is 10.0. The average Bonchev–Trinajstić information content (AvgIpc) is 2.41. The monoisotopic (exact) mass is 204 g/mol. The summed E-state index contributed by atoms with van der Waals surface area (Å²) in [5, 5.41) is 8.17. The smallest absolute Gasteiger partial charge is 0.743 e. The minimum absolute atomic E-state index is 0. The van der Waals surface area contributed by atoms with Gasteiger partial charge in [-0.25, -0.2) is 13.6 Å². The molecular formula is C5H11NNaO4S+. The molecule has 12 heavy (non-hydrogen) atoms. The van der Waals surface area contributed by atoms with Crippen molar-refractivity contribution in [1.82, 2.24) is 0 Å². The molecule has 0 radical (unpaired) electrons. The Kier molecular flexibility index (Phi) is 4.18. The zero-order valence-electron chi connectivity index (χ0n) is 7.23. The summed E-state index contributed by atoms with van der Waals surface area (Å²) in [4.78, 5) is 0. The summed E-state index contributed by atoms with van der Waals surface area (Å²) in [6.45, 7) is 2.22. The van der Waals surface area contributed by atoms with Crippen LogP contribution in [0.4, 0.5) is 0 Å². The van der Waals surface area contributed by atoms with Crippen LogP contribution in [0.3, 0.4) is 0 Å². The van der Waals surface area contributed by atoms with E-state index >= 15 is 0 Å². The Balaban J connectivity index is 0.00000121. The van der Waals surface area contributed by atoms with Crippen molar-refractivity contribution in [2.75, 3.05) is 13.1 Å². The van der Waals surface area contributed by atoms with Crippen LogP contribution in [0.2, 0.25) is 0 Å². The Morgan fingerprint density at radius 2 is 2.17 bits per heavy atom. The predicted octanol–water partition coefficient (Wildman–Crippen LogP) is -3.51. The molecule has 7 heteroatoms. The predicted molar refractivity (Wildman–Crippen MR) is 35.6 cm³/mol. The molecule has 1 rings (SSSR count). The van der Waals surface area contributed by atoms with Crippen molar-refractivity contribution in [2.24, 2.45) is 0 Å². The van der Waals surface area contributed by atoms with E-state index in [-0.39, 0.29) is 36.1 Å². The molecule has 1 aliphatic heterocycles. The maximum absolute atomic E-state index is 10.4. The van der Waals surface area contributed by atoms with Crippen LogP contribution in [0.25, 0.3) is 0 Å². The molecule has 0 aliphatic carbocycles. The first kappa shape index (κ1) is 12.8. The minimum atomic E-state index is -4.29. The van der Waals surface area contributed by atoms with Gasteiger partial charge in [0.1, 0.15) is 6.54 Å². The molecule has 0 aromatic rings. The number of hydroxylamine groups is 3. The molecular weight excluding hydrogens is 193 g/mol. The van der Waals surface area contributed by atoms with E-state index in [1.165, 1.54) is 0 Å². The number of rotatable bonds is 3. The van der Waals surface area contributed by atoms with Crippen molar-refractivity contribution in [3.05, 3.63) is 0 Å². The van der Waals surface area contributed by atoms with E-state index < -0.39 is 20.1 Å². The van der Waals surface area contributed by atoms with Gasteiger partial charge in [-0.3, -0.25) is 0 Å². The van der Waals surface area contributed by atoms with Crippen molar-refractivity contribution in [3.63, 3.8) is 0 Å². The molecule has 1 fully saturated rings. The van der Waals surface area contributed by atoms with Gasteiger partial charge < -0.3 is 4.55 Å². The van der Waals surface area contributed by atoms with E-state index in [0.717, 1.165) is 0 Å². The molecule has 1 N–H and O–H groups in total. The Morgan fingerprint density at radius 1 is 1.67 bits per heavy atom. The average molecular weight is 204 g/mol. The fraction of sp³-hybridized carbons (Fsp3) is 1.00. The van der Waals surface area contributed by atoms with Gasteiger partial charge in [0.2, 0.25) is 0 Å². The van der Waals surface area contributed by atoms with Crippen LogP contribution in [0.1, 0.15) is 13.3 Å². The maximum atomic E-state index is 10.4. The third-order valence-corrected chi connectivity index (χ3v) is 3.03. The fourth-order valence-electron chi connectivity index (χ4n) is 1.18. The summed E-state index contributed by atoms with van der Waals surface area (Å²) < 4.78 is 30.5. The standard InChI is InChI=1S/C5H11NO4S.Na/c1-2-3-6(7)4-5(6)11(8,9)10;/h5,7H,2-4H2,1H3;/q;+1. The van der Waals surface area contributed by atoms with Gasteiger partial charge in [-0.05, 0) is 6.42 Å².